The maximum atomic E-state index is 10.7. The Bertz CT molecular complexity index is 531. The fraction of sp³-hybridized carbons (Fsp3) is 0.250. The van der Waals surface area contributed by atoms with E-state index in [-0.39, 0.29) is 22.9 Å². The molecule has 0 aliphatic carbocycles. The Labute approximate surface area is 106 Å². The van der Waals surface area contributed by atoms with Gasteiger partial charge in [-0.25, -0.2) is 0 Å². The molecule has 94 valence electrons. The predicted octanol–water partition coefficient (Wildman–Crippen LogP) is 2.33. The average molecular weight is 298 g/mol. The summed E-state index contributed by atoms with van der Waals surface area (Å²) in [4.78, 5) is 10.1. The number of hydrogen-bond acceptors (Lipinski definition) is 5. The molecule has 0 aromatic heterocycles. The minimum atomic E-state index is -4.11. The lowest BCUT2D eigenvalue weighted by molar-refractivity contribution is -0.385. The van der Waals surface area contributed by atoms with E-state index >= 15 is 0 Å². The van der Waals surface area contributed by atoms with Crippen LogP contribution < -0.4 is 0 Å². The summed E-state index contributed by atoms with van der Waals surface area (Å²) in [5, 5.41) is 10.9. The summed E-state index contributed by atoms with van der Waals surface area (Å²) in [7, 11) is -3.79. The number of hydrogen-bond donors (Lipinski definition) is 1. The Balaban J connectivity index is 2.81. The van der Waals surface area contributed by atoms with Crippen LogP contribution in [0.15, 0.2) is 18.2 Å². The zero-order chi connectivity index (χ0) is 13.1. The summed E-state index contributed by atoms with van der Waals surface area (Å²) >= 11 is 5.62. The van der Waals surface area contributed by atoms with Gasteiger partial charge in [0.25, 0.3) is 5.69 Å². The van der Waals surface area contributed by atoms with Crippen molar-refractivity contribution in [1.29, 1.82) is 0 Å². The monoisotopic (exact) mass is 297 g/mol. The van der Waals surface area contributed by atoms with Gasteiger partial charge in [-0.2, -0.15) is 8.42 Å². The summed E-state index contributed by atoms with van der Waals surface area (Å²) in [5.74, 6) is 0.0291. The van der Waals surface area contributed by atoms with Crippen molar-refractivity contribution >= 4 is 37.2 Å². The van der Waals surface area contributed by atoms with Gasteiger partial charge in [0.2, 0.25) is 0 Å². The fourth-order valence-corrected chi connectivity index (χ4v) is 2.74. The van der Waals surface area contributed by atoms with E-state index < -0.39 is 14.1 Å². The van der Waals surface area contributed by atoms with Gasteiger partial charge in [-0.1, -0.05) is 17.7 Å². The van der Waals surface area contributed by atoms with Crippen LogP contribution in [0.2, 0.25) is 5.02 Å². The first-order chi connectivity index (χ1) is 7.79. The maximum absolute atomic E-state index is 10.7. The molecule has 0 aliphatic heterocycles. The fourth-order valence-electron chi connectivity index (χ4n) is 1.18. The number of halogens is 1. The van der Waals surface area contributed by atoms with E-state index in [0.29, 0.717) is 16.4 Å². The number of rotatable bonds is 5. The molecule has 1 aromatic carbocycles. The van der Waals surface area contributed by atoms with E-state index in [0.717, 1.165) is 0 Å². The van der Waals surface area contributed by atoms with Gasteiger partial charge < -0.3 is 0 Å². The van der Waals surface area contributed by atoms with Gasteiger partial charge in [0.15, 0.2) is 0 Å². The second-order valence-electron chi connectivity index (χ2n) is 3.03. The number of nitro groups is 1. The van der Waals surface area contributed by atoms with E-state index in [9.17, 15) is 18.5 Å². The second kappa shape index (κ2) is 5.67. The van der Waals surface area contributed by atoms with Crippen molar-refractivity contribution in [3.8, 4) is 0 Å². The van der Waals surface area contributed by atoms with Crippen LogP contribution in [0.1, 0.15) is 5.56 Å². The highest BCUT2D eigenvalue weighted by molar-refractivity contribution is 8.69. The highest BCUT2D eigenvalue weighted by Gasteiger charge is 2.15. The first-order valence-electron chi connectivity index (χ1n) is 4.34. The second-order valence-corrected chi connectivity index (χ2v) is 6.94. The van der Waals surface area contributed by atoms with Crippen molar-refractivity contribution in [2.45, 2.75) is 6.42 Å². The number of nitrogens with zero attached hydrogens (tertiary/aromatic N) is 1. The van der Waals surface area contributed by atoms with Gasteiger partial charge in [0.05, 0.1) is 4.92 Å². The van der Waals surface area contributed by atoms with Gasteiger partial charge in [0.1, 0.15) is 0 Å². The highest BCUT2D eigenvalue weighted by Crippen LogP contribution is 2.25. The van der Waals surface area contributed by atoms with E-state index in [2.05, 4.69) is 0 Å². The van der Waals surface area contributed by atoms with Crippen molar-refractivity contribution < 1.29 is 17.9 Å². The highest BCUT2D eigenvalue weighted by atomic mass is 35.5. The molecule has 0 heterocycles. The van der Waals surface area contributed by atoms with Gasteiger partial charge in [-0.15, -0.1) is 0 Å². The maximum Gasteiger partial charge on any atom is 0.319 e. The SMILES string of the molecule is O=[N+]([O-])c1cc(Cl)ccc1CCSS(=O)(=O)O. The first kappa shape index (κ1) is 14.2. The molecule has 0 atom stereocenters. The lowest BCUT2D eigenvalue weighted by Crippen LogP contribution is -1.99. The summed E-state index contributed by atoms with van der Waals surface area (Å²) in [5.41, 5.74) is 0.212. The quantitative estimate of drug-likeness (QED) is 0.388. The zero-order valence-corrected chi connectivity index (χ0v) is 10.8. The summed E-state index contributed by atoms with van der Waals surface area (Å²) in [6, 6.07) is 4.15. The molecule has 0 bridgehead atoms. The Kier molecular flexibility index (Phi) is 4.75. The minimum Gasteiger partial charge on any atom is -0.277 e. The summed E-state index contributed by atoms with van der Waals surface area (Å²) in [6.45, 7) is 0. The molecule has 17 heavy (non-hydrogen) atoms. The molecule has 1 rings (SSSR count). The van der Waals surface area contributed by atoms with Crippen LogP contribution in [-0.4, -0.2) is 23.6 Å². The normalized spacial score (nSPS) is 11.4. The molecule has 1 N–H and O–H groups in total. The lowest BCUT2D eigenvalue weighted by Gasteiger charge is -2.02. The van der Waals surface area contributed by atoms with Crippen LogP contribution in [0.3, 0.4) is 0 Å². The van der Waals surface area contributed by atoms with E-state index in [1.54, 1.807) is 0 Å². The van der Waals surface area contributed by atoms with Crippen molar-refractivity contribution in [2.24, 2.45) is 0 Å². The molecule has 6 nitrogen and oxygen atoms in total. The van der Waals surface area contributed by atoms with Gasteiger partial charge in [0, 0.05) is 22.4 Å². The topological polar surface area (TPSA) is 97.5 Å². The molecule has 9 heteroatoms. The molecule has 0 saturated carbocycles. The Morgan fingerprint density at radius 3 is 2.65 bits per heavy atom. The first-order valence-corrected chi connectivity index (χ1v) is 7.66. The summed E-state index contributed by atoms with van der Waals surface area (Å²) in [6.07, 6.45) is 0.151. The van der Waals surface area contributed by atoms with E-state index in [1.165, 1.54) is 18.2 Å². The Hall–Kier alpha value is -0.830. The lowest BCUT2D eigenvalue weighted by atomic mass is 10.1. The molecule has 0 spiro atoms. The smallest absolute Gasteiger partial charge is 0.277 e. The third-order valence-electron chi connectivity index (χ3n) is 1.85. The molecule has 0 unspecified atom stereocenters. The minimum absolute atomic E-state index is 0.0291. The predicted molar refractivity (Wildman–Crippen MR) is 65.8 cm³/mol. The third-order valence-corrected chi connectivity index (χ3v) is 4.15. The van der Waals surface area contributed by atoms with Crippen LogP contribution in [0.25, 0.3) is 0 Å². The van der Waals surface area contributed by atoms with Gasteiger partial charge in [-0.05, 0) is 23.3 Å². The van der Waals surface area contributed by atoms with Crippen LogP contribution in [-0.2, 0) is 15.6 Å². The summed E-state index contributed by atoms with van der Waals surface area (Å²) < 4.78 is 29.4. The van der Waals surface area contributed by atoms with Crippen LogP contribution in [0.5, 0.6) is 0 Å². The number of nitro benzene ring substituents is 1. The van der Waals surface area contributed by atoms with Crippen LogP contribution in [0, 0.1) is 10.1 Å². The van der Waals surface area contributed by atoms with Gasteiger partial charge in [-0.3, -0.25) is 14.7 Å². The van der Waals surface area contributed by atoms with E-state index in [4.69, 9.17) is 16.2 Å². The van der Waals surface area contributed by atoms with Crippen molar-refractivity contribution in [2.75, 3.05) is 5.75 Å². The molecule has 0 fully saturated rings. The molecular formula is C8H8ClNO5S2. The van der Waals surface area contributed by atoms with Gasteiger partial charge >= 0.3 is 9.15 Å². The van der Waals surface area contributed by atoms with Crippen molar-refractivity contribution in [1.82, 2.24) is 0 Å². The molecular weight excluding hydrogens is 290 g/mol. The number of benzene rings is 1. The molecule has 0 radical (unpaired) electrons. The van der Waals surface area contributed by atoms with E-state index in [1.807, 2.05) is 0 Å². The molecule has 0 saturated heterocycles. The number of aryl methyl sites for hydroxylation is 1. The Morgan fingerprint density at radius 2 is 2.12 bits per heavy atom. The zero-order valence-electron chi connectivity index (χ0n) is 8.37. The molecule has 0 aliphatic rings. The third kappa shape index (κ3) is 4.90. The van der Waals surface area contributed by atoms with Crippen molar-refractivity contribution in [3.63, 3.8) is 0 Å². The largest absolute Gasteiger partial charge is 0.319 e. The molecule has 0 amide bonds. The standard InChI is InChI=1S/C8H8ClNO5S2/c9-7-2-1-6(8(5-7)10(11)12)3-4-16-17(13,14)15/h1-2,5H,3-4H2,(H,13,14,15). The molecule has 1 aromatic rings. The van der Waals surface area contributed by atoms with Crippen LogP contribution >= 0.6 is 22.4 Å². The van der Waals surface area contributed by atoms with Crippen molar-refractivity contribution in [3.05, 3.63) is 38.9 Å². The average Bonchev–Trinajstić information content (AvgIpc) is 2.18. The Morgan fingerprint density at radius 1 is 1.47 bits per heavy atom. The van der Waals surface area contributed by atoms with Crippen LogP contribution in [0.4, 0.5) is 5.69 Å².